The highest BCUT2D eigenvalue weighted by Gasteiger charge is 2.06. The van der Waals surface area contributed by atoms with Gasteiger partial charge in [-0.25, -0.2) is 0 Å². The summed E-state index contributed by atoms with van der Waals surface area (Å²) in [6, 6.07) is 3.49. The van der Waals surface area contributed by atoms with Gasteiger partial charge in [-0.2, -0.15) is 0 Å². The van der Waals surface area contributed by atoms with Crippen LogP contribution in [0.1, 0.15) is 23.6 Å². The second kappa shape index (κ2) is 3.77. The summed E-state index contributed by atoms with van der Waals surface area (Å²) in [5, 5.41) is 19.5. The lowest BCUT2D eigenvalue weighted by molar-refractivity contribution is 0.295. The Balaban J connectivity index is 3.30. The topological polar surface area (TPSA) is 46.5 Å². The van der Waals surface area contributed by atoms with Gasteiger partial charge in [0.2, 0.25) is 0 Å². The molecule has 1 aromatic carbocycles. The van der Waals surface area contributed by atoms with Gasteiger partial charge in [-0.1, -0.05) is 13.0 Å². The fourth-order valence-corrected chi connectivity index (χ4v) is 1.49. The lowest BCUT2D eigenvalue weighted by Gasteiger charge is -2.26. The van der Waals surface area contributed by atoms with E-state index in [1.54, 1.807) is 6.07 Å². The van der Waals surface area contributed by atoms with Crippen LogP contribution in [0.15, 0.2) is 12.1 Å². The van der Waals surface area contributed by atoms with Gasteiger partial charge in [-0.05, 0) is 43.0 Å². The van der Waals surface area contributed by atoms with Gasteiger partial charge in [0, 0.05) is 0 Å². The fourth-order valence-electron chi connectivity index (χ4n) is 1.49. The van der Waals surface area contributed by atoms with E-state index in [9.17, 15) is 5.21 Å². The largest absolute Gasteiger partial charge is 0.733 e. The summed E-state index contributed by atoms with van der Waals surface area (Å²) in [5.74, 6) is 0. The van der Waals surface area contributed by atoms with Crippen LogP contribution in [0.2, 0.25) is 0 Å². The normalized spacial score (nSPS) is 10.2. The smallest absolute Gasteiger partial charge is 0.0543 e. The third-order valence-corrected chi connectivity index (χ3v) is 2.40. The van der Waals surface area contributed by atoms with Crippen LogP contribution < -0.4 is 5.23 Å². The molecule has 72 valence electrons. The second-order valence-electron chi connectivity index (χ2n) is 3.13. The molecule has 0 heterocycles. The summed E-state index contributed by atoms with van der Waals surface area (Å²) in [6.45, 7) is 5.92. The van der Waals surface area contributed by atoms with E-state index in [4.69, 9.17) is 5.21 Å². The van der Waals surface area contributed by atoms with Gasteiger partial charge in [0.25, 0.3) is 0 Å². The number of nitrogens with zero attached hydrogens (tertiary/aromatic N) is 1. The number of hydrogen-bond donors (Lipinski definition) is 1. The van der Waals surface area contributed by atoms with Crippen molar-refractivity contribution in [1.29, 1.82) is 0 Å². The van der Waals surface area contributed by atoms with Crippen LogP contribution in [0.4, 0.5) is 5.69 Å². The molecule has 0 radical (unpaired) electrons. The van der Waals surface area contributed by atoms with E-state index in [2.05, 4.69) is 0 Å². The molecular formula is C10H14NO2-. The van der Waals surface area contributed by atoms with Crippen molar-refractivity contribution in [2.75, 3.05) is 5.23 Å². The van der Waals surface area contributed by atoms with E-state index < -0.39 is 0 Å². The zero-order valence-corrected chi connectivity index (χ0v) is 8.16. The summed E-state index contributed by atoms with van der Waals surface area (Å²) in [6.07, 6.45) is 0.752. The van der Waals surface area contributed by atoms with Gasteiger partial charge in [-0.15, -0.1) is 0 Å². The van der Waals surface area contributed by atoms with E-state index in [1.807, 2.05) is 26.8 Å². The quantitative estimate of drug-likeness (QED) is 0.711. The van der Waals surface area contributed by atoms with Crippen molar-refractivity contribution in [3.8, 4) is 0 Å². The lowest BCUT2D eigenvalue weighted by atomic mass is 10.00. The predicted molar refractivity (Wildman–Crippen MR) is 52.9 cm³/mol. The summed E-state index contributed by atoms with van der Waals surface area (Å²) in [7, 11) is 0. The summed E-state index contributed by atoms with van der Waals surface area (Å²) >= 11 is 0. The van der Waals surface area contributed by atoms with E-state index >= 15 is 0 Å². The molecule has 0 unspecified atom stereocenters. The number of rotatable bonds is 2. The van der Waals surface area contributed by atoms with Crippen molar-refractivity contribution in [3.05, 3.63) is 34.0 Å². The summed E-state index contributed by atoms with van der Waals surface area (Å²) < 4.78 is 0. The first-order chi connectivity index (χ1) is 6.07. The minimum atomic E-state index is -0.0642. The number of hydrogen-bond acceptors (Lipinski definition) is 3. The molecule has 0 aliphatic heterocycles. The first-order valence-electron chi connectivity index (χ1n) is 4.33. The molecular weight excluding hydrogens is 166 g/mol. The molecule has 0 aromatic heterocycles. The Kier molecular flexibility index (Phi) is 2.90. The maximum atomic E-state index is 10.8. The highest BCUT2D eigenvalue weighted by Crippen LogP contribution is 2.25. The molecule has 0 spiro atoms. The Bertz CT molecular complexity index is 308. The number of anilines is 1. The Morgan fingerprint density at radius 3 is 2.46 bits per heavy atom. The molecule has 1 N–H and O–H groups in total. The van der Waals surface area contributed by atoms with Crippen LogP contribution in [0.3, 0.4) is 0 Å². The molecule has 0 atom stereocenters. The minimum Gasteiger partial charge on any atom is -0.733 e. The molecule has 0 saturated carbocycles. The van der Waals surface area contributed by atoms with E-state index in [1.165, 1.54) is 0 Å². The van der Waals surface area contributed by atoms with Gasteiger partial charge in [0.05, 0.1) is 5.69 Å². The van der Waals surface area contributed by atoms with Crippen molar-refractivity contribution in [3.63, 3.8) is 0 Å². The maximum absolute atomic E-state index is 10.8. The highest BCUT2D eigenvalue weighted by atomic mass is 16.8. The Morgan fingerprint density at radius 1 is 1.38 bits per heavy atom. The lowest BCUT2D eigenvalue weighted by Crippen LogP contribution is -2.11. The molecule has 0 aliphatic carbocycles. The maximum Gasteiger partial charge on any atom is 0.0543 e. The molecule has 3 nitrogen and oxygen atoms in total. The first kappa shape index (κ1) is 10.0. The molecule has 0 amide bonds. The van der Waals surface area contributed by atoms with E-state index in [-0.39, 0.29) is 5.23 Å². The van der Waals surface area contributed by atoms with Crippen molar-refractivity contribution >= 4 is 5.69 Å². The molecule has 0 fully saturated rings. The van der Waals surface area contributed by atoms with Crippen molar-refractivity contribution in [2.45, 2.75) is 27.2 Å². The molecule has 0 saturated heterocycles. The third kappa shape index (κ3) is 1.82. The molecule has 1 aromatic rings. The third-order valence-electron chi connectivity index (χ3n) is 2.40. The van der Waals surface area contributed by atoms with Crippen molar-refractivity contribution in [2.24, 2.45) is 0 Å². The van der Waals surface area contributed by atoms with Gasteiger partial charge in [0.15, 0.2) is 0 Å². The first-order valence-corrected chi connectivity index (χ1v) is 4.33. The number of aryl methyl sites for hydroxylation is 1. The Labute approximate surface area is 78.1 Å². The van der Waals surface area contributed by atoms with Gasteiger partial charge < -0.3 is 10.4 Å². The average molecular weight is 180 g/mol. The average Bonchev–Trinajstić information content (AvgIpc) is 2.09. The van der Waals surface area contributed by atoms with Crippen LogP contribution in [0.25, 0.3) is 0 Å². The fraction of sp³-hybridized carbons (Fsp3) is 0.400. The van der Waals surface area contributed by atoms with Gasteiger partial charge in [0.1, 0.15) is 0 Å². The number of benzene rings is 1. The second-order valence-corrected chi connectivity index (χ2v) is 3.13. The molecule has 1 rings (SSSR count). The van der Waals surface area contributed by atoms with Gasteiger partial charge >= 0.3 is 0 Å². The zero-order valence-electron chi connectivity index (χ0n) is 8.16. The molecule has 13 heavy (non-hydrogen) atoms. The monoisotopic (exact) mass is 180 g/mol. The van der Waals surface area contributed by atoms with Crippen molar-refractivity contribution in [1.82, 2.24) is 0 Å². The zero-order chi connectivity index (χ0) is 10.0. The summed E-state index contributed by atoms with van der Waals surface area (Å²) in [4.78, 5) is 0. The van der Waals surface area contributed by atoms with Crippen LogP contribution >= 0.6 is 0 Å². The van der Waals surface area contributed by atoms with Crippen LogP contribution in [0, 0.1) is 19.1 Å². The molecule has 0 bridgehead atoms. The van der Waals surface area contributed by atoms with Gasteiger partial charge in [-0.3, -0.25) is 5.21 Å². The van der Waals surface area contributed by atoms with Crippen LogP contribution in [-0.2, 0) is 6.42 Å². The molecule has 3 heteroatoms. The van der Waals surface area contributed by atoms with Crippen molar-refractivity contribution < 1.29 is 5.21 Å². The SMILES string of the molecule is CCc1c(N([O-])O)ccc(C)c1C. The van der Waals surface area contributed by atoms with Crippen LogP contribution in [0.5, 0.6) is 0 Å². The van der Waals surface area contributed by atoms with E-state index in [0.29, 0.717) is 5.69 Å². The highest BCUT2D eigenvalue weighted by molar-refractivity contribution is 5.57. The predicted octanol–water partition coefficient (Wildman–Crippen LogP) is 2.56. The van der Waals surface area contributed by atoms with E-state index in [0.717, 1.165) is 23.1 Å². The summed E-state index contributed by atoms with van der Waals surface area (Å²) in [5.41, 5.74) is 3.49. The Hall–Kier alpha value is -1.06. The molecule has 0 aliphatic rings. The minimum absolute atomic E-state index is 0.0642. The Morgan fingerprint density at radius 2 is 2.00 bits per heavy atom. The standard InChI is InChI=1S/C10H14NO2/c1-4-9-8(3)7(2)5-6-10(9)11(12)13/h5-6,12H,4H2,1-3H3/q-1. The van der Waals surface area contributed by atoms with Crippen LogP contribution in [-0.4, -0.2) is 5.21 Å².